The minimum absolute atomic E-state index is 0.0817. The van der Waals surface area contributed by atoms with E-state index in [1.807, 2.05) is 0 Å². The average molecular weight is 382 g/mol. The normalized spacial score (nSPS) is 20.5. The molecule has 0 aromatic heterocycles. The molecule has 1 unspecified atom stereocenters. The van der Waals surface area contributed by atoms with Gasteiger partial charge in [0.1, 0.15) is 0 Å². The predicted octanol–water partition coefficient (Wildman–Crippen LogP) is 2.04. The van der Waals surface area contributed by atoms with Gasteiger partial charge in [0.2, 0.25) is 5.91 Å². The molecule has 0 aromatic carbocycles. The summed E-state index contributed by atoms with van der Waals surface area (Å²) in [5.41, 5.74) is 5.46. The zero-order chi connectivity index (χ0) is 18.9. The van der Waals surface area contributed by atoms with Crippen LogP contribution in [0.15, 0.2) is 11.0 Å². The fourth-order valence-corrected chi connectivity index (χ4v) is 4.20. The largest absolute Gasteiger partial charge is 0.355 e. The van der Waals surface area contributed by atoms with Crippen molar-refractivity contribution in [3.63, 3.8) is 0 Å². The summed E-state index contributed by atoms with van der Waals surface area (Å²) >= 11 is 1.33. The topological polar surface area (TPSA) is 92.5 Å². The van der Waals surface area contributed by atoms with Crippen molar-refractivity contribution in [2.45, 2.75) is 51.9 Å². The first-order valence-corrected chi connectivity index (χ1v) is 10.7. The Balaban J connectivity index is 1.76. The number of imide groups is 1. The van der Waals surface area contributed by atoms with Crippen LogP contribution in [0.1, 0.15) is 51.9 Å². The van der Waals surface area contributed by atoms with Crippen LogP contribution in [0.25, 0.3) is 0 Å². The fourth-order valence-electron chi connectivity index (χ4n) is 3.36. The predicted molar refractivity (Wildman–Crippen MR) is 104 cm³/mol. The highest BCUT2D eigenvalue weighted by Gasteiger charge is 2.32. The van der Waals surface area contributed by atoms with Gasteiger partial charge in [-0.1, -0.05) is 39.0 Å². The van der Waals surface area contributed by atoms with Gasteiger partial charge in [-0.2, -0.15) is 0 Å². The molecular weight excluding hydrogens is 350 g/mol. The van der Waals surface area contributed by atoms with Crippen LogP contribution in [-0.2, 0) is 14.4 Å². The Labute approximate surface area is 160 Å². The first kappa shape index (κ1) is 21.0. The van der Waals surface area contributed by atoms with Crippen LogP contribution in [0.5, 0.6) is 0 Å². The van der Waals surface area contributed by atoms with Crippen molar-refractivity contribution in [1.82, 2.24) is 10.2 Å². The van der Waals surface area contributed by atoms with Gasteiger partial charge in [-0.15, -0.1) is 11.8 Å². The summed E-state index contributed by atoms with van der Waals surface area (Å²) in [7, 11) is 0. The lowest BCUT2D eigenvalue weighted by molar-refractivity contribution is -0.137. The summed E-state index contributed by atoms with van der Waals surface area (Å²) in [5.74, 6) is 0.322. The van der Waals surface area contributed by atoms with Gasteiger partial charge < -0.3 is 11.1 Å². The van der Waals surface area contributed by atoms with Crippen molar-refractivity contribution in [2.75, 3.05) is 25.4 Å². The second kappa shape index (κ2) is 10.7. The molecule has 1 aliphatic heterocycles. The second-order valence-corrected chi connectivity index (χ2v) is 8.39. The Morgan fingerprint density at radius 2 is 1.92 bits per heavy atom. The maximum Gasteiger partial charge on any atom is 0.267 e. The standard InChI is InChI=1S/C19H31N3O3S/c1-14(12-20)18(24)21-9-10-26-16-11-17(23)22(19(16)25)13-15-7-5-3-2-4-6-8-15/h11,14-15H,2-10,12-13,20H2,1H3,(H,21,24). The van der Waals surface area contributed by atoms with Crippen LogP contribution >= 0.6 is 11.8 Å². The third kappa shape index (κ3) is 6.13. The molecular formula is C19H31N3O3S. The number of carbonyl (C=O) groups excluding carboxylic acids is 3. The Morgan fingerprint density at radius 3 is 2.58 bits per heavy atom. The monoisotopic (exact) mass is 381 g/mol. The molecule has 26 heavy (non-hydrogen) atoms. The SMILES string of the molecule is CC(CN)C(=O)NCCSC1=CC(=O)N(CC2CCCCCCC2)C1=O. The summed E-state index contributed by atoms with van der Waals surface area (Å²) in [5, 5.41) is 2.80. The van der Waals surface area contributed by atoms with Gasteiger partial charge in [-0.05, 0) is 18.8 Å². The zero-order valence-corrected chi connectivity index (χ0v) is 16.5. The van der Waals surface area contributed by atoms with Gasteiger partial charge in [0, 0.05) is 37.4 Å². The first-order valence-electron chi connectivity index (χ1n) is 9.71. The highest BCUT2D eigenvalue weighted by Crippen LogP contribution is 2.28. The van der Waals surface area contributed by atoms with Crippen LogP contribution in [0.3, 0.4) is 0 Å². The molecule has 1 atom stereocenters. The Bertz CT molecular complexity index is 542. The number of thioether (sulfide) groups is 1. The van der Waals surface area contributed by atoms with Gasteiger partial charge in [0.15, 0.2) is 0 Å². The molecule has 0 saturated heterocycles. The van der Waals surface area contributed by atoms with E-state index in [1.54, 1.807) is 6.92 Å². The van der Waals surface area contributed by atoms with Crippen LogP contribution in [0, 0.1) is 11.8 Å². The smallest absolute Gasteiger partial charge is 0.267 e. The maximum atomic E-state index is 12.5. The summed E-state index contributed by atoms with van der Waals surface area (Å²) in [6, 6.07) is 0. The van der Waals surface area contributed by atoms with E-state index in [9.17, 15) is 14.4 Å². The Morgan fingerprint density at radius 1 is 1.27 bits per heavy atom. The number of nitrogens with one attached hydrogen (secondary N) is 1. The van der Waals surface area contributed by atoms with Crippen molar-refractivity contribution in [3.8, 4) is 0 Å². The molecule has 7 heteroatoms. The summed E-state index contributed by atoms with van der Waals surface area (Å²) in [6.07, 6.45) is 9.85. The van der Waals surface area contributed by atoms with Gasteiger partial charge >= 0.3 is 0 Å². The van der Waals surface area contributed by atoms with Crippen LogP contribution in [0.2, 0.25) is 0 Å². The van der Waals surface area contributed by atoms with Gasteiger partial charge in [-0.25, -0.2) is 0 Å². The van der Waals surface area contributed by atoms with Crippen molar-refractivity contribution in [3.05, 3.63) is 11.0 Å². The molecule has 0 spiro atoms. The molecule has 1 fully saturated rings. The highest BCUT2D eigenvalue weighted by atomic mass is 32.2. The van der Waals surface area contributed by atoms with E-state index in [0.717, 1.165) is 12.8 Å². The summed E-state index contributed by atoms with van der Waals surface area (Å²) in [6.45, 7) is 3.09. The molecule has 3 N–H and O–H groups in total. The van der Waals surface area contributed by atoms with E-state index >= 15 is 0 Å². The number of nitrogens with zero attached hydrogens (tertiary/aromatic N) is 1. The van der Waals surface area contributed by atoms with E-state index in [2.05, 4.69) is 5.32 Å². The van der Waals surface area contributed by atoms with Crippen LogP contribution in [0.4, 0.5) is 0 Å². The third-order valence-electron chi connectivity index (χ3n) is 5.10. The zero-order valence-electron chi connectivity index (χ0n) is 15.7. The van der Waals surface area contributed by atoms with E-state index in [0.29, 0.717) is 36.2 Å². The minimum Gasteiger partial charge on any atom is -0.355 e. The third-order valence-corrected chi connectivity index (χ3v) is 6.11. The quantitative estimate of drug-likeness (QED) is 0.496. The van der Waals surface area contributed by atoms with E-state index in [-0.39, 0.29) is 23.6 Å². The molecule has 146 valence electrons. The Kier molecular flexibility index (Phi) is 8.65. The van der Waals surface area contributed by atoms with Gasteiger partial charge in [0.25, 0.3) is 11.8 Å². The molecule has 1 aliphatic carbocycles. The molecule has 6 nitrogen and oxygen atoms in total. The molecule has 0 radical (unpaired) electrons. The molecule has 0 bridgehead atoms. The van der Waals surface area contributed by atoms with Crippen molar-refractivity contribution >= 4 is 29.5 Å². The number of hydrogen-bond acceptors (Lipinski definition) is 5. The van der Waals surface area contributed by atoms with E-state index in [4.69, 9.17) is 5.73 Å². The molecule has 0 aromatic rings. The van der Waals surface area contributed by atoms with Gasteiger partial charge in [-0.3, -0.25) is 19.3 Å². The second-order valence-electron chi connectivity index (χ2n) is 7.25. The van der Waals surface area contributed by atoms with E-state index < -0.39 is 0 Å². The van der Waals surface area contributed by atoms with Crippen LogP contribution in [-0.4, -0.2) is 48.0 Å². The van der Waals surface area contributed by atoms with Gasteiger partial charge in [0.05, 0.1) is 4.91 Å². The van der Waals surface area contributed by atoms with Crippen molar-refractivity contribution in [1.29, 1.82) is 0 Å². The number of carbonyl (C=O) groups is 3. The van der Waals surface area contributed by atoms with Crippen molar-refractivity contribution < 1.29 is 14.4 Å². The molecule has 1 saturated carbocycles. The minimum atomic E-state index is -0.215. The lowest BCUT2D eigenvalue weighted by Crippen LogP contribution is -2.36. The summed E-state index contributed by atoms with van der Waals surface area (Å²) in [4.78, 5) is 38.3. The molecule has 2 rings (SSSR count). The van der Waals surface area contributed by atoms with E-state index in [1.165, 1.54) is 54.8 Å². The fraction of sp³-hybridized carbons (Fsp3) is 0.737. The highest BCUT2D eigenvalue weighted by molar-refractivity contribution is 8.04. The lowest BCUT2D eigenvalue weighted by atomic mass is 9.91. The van der Waals surface area contributed by atoms with Crippen molar-refractivity contribution in [2.24, 2.45) is 17.6 Å². The molecule has 2 aliphatic rings. The number of hydrogen-bond donors (Lipinski definition) is 2. The lowest BCUT2D eigenvalue weighted by Gasteiger charge is -2.24. The first-order chi connectivity index (χ1) is 12.5. The molecule has 1 heterocycles. The Hall–Kier alpha value is -1.34. The van der Waals surface area contributed by atoms with Crippen LogP contribution < -0.4 is 11.1 Å². The number of rotatable bonds is 8. The number of nitrogens with two attached hydrogens (primary N) is 1. The molecule has 3 amide bonds. The average Bonchev–Trinajstić information content (AvgIpc) is 2.87. The maximum absolute atomic E-state index is 12.5. The number of amides is 3. The summed E-state index contributed by atoms with van der Waals surface area (Å²) < 4.78 is 0.